The van der Waals surface area contributed by atoms with Crippen LogP contribution in [-0.4, -0.2) is 93.6 Å². The van der Waals surface area contributed by atoms with Crippen molar-refractivity contribution in [1.29, 1.82) is 0 Å². The standard InChI is InChI=1S/C30H62O8Si/c1-7-8-9-10-11-12-13-14-15-16-29(31)37-27-25-35-23-21-33-19-17-32-18-20-34-22-24-36-26-28-38-39(5,6)30(2,3)4/h7-28H2,1-6H3. The molecule has 8 nitrogen and oxygen atoms in total. The van der Waals surface area contributed by atoms with Crippen LogP contribution in [0.25, 0.3) is 0 Å². The fraction of sp³-hybridized carbons (Fsp3) is 0.967. The molecule has 0 aromatic heterocycles. The Hall–Kier alpha value is -0.553. The Kier molecular flexibility index (Phi) is 26.0. The van der Waals surface area contributed by atoms with Crippen LogP contribution in [-0.2, 0) is 37.6 Å². The van der Waals surface area contributed by atoms with Crippen molar-refractivity contribution in [1.82, 2.24) is 0 Å². The SMILES string of the molecule is CCCCCCCCCCCC(=O)OCCOCCOCCOCCOCCOCCO[Si](C)(C)C(C)(C)C. The molecule has 39 heavy (non-hydrogen) atoms. The van der Waals surface area contributed by atoms with Crippen LogP contribution < -0.4 is 0 Å². The molecule has 0 heterocycles. The molecule has 0 radical (unpaired) electrons. The highest BCUT2D eigenvalue weighted by Crippen LogP contribution is 2.36. The van der Waals surface area contributed by atoms with Gasteiger partial charge in [-0.3, -0.25) is 4.79 Å². The molecule has 0 rings (SSSR count). The number of rotatable bonds is 29. The minimum absolute atomic E-state index is 0.127. The first-order valence-corrected chi connectivity index (χ1v) is 18.3. The van der Waals surface area contributed by atoms with Crippen LogP contribution in [0.4, 0.5) is 0 Å². The normalized spacial score (nSPS) is 12.3. The van der Waals surface area contributed by atoms with Crippen molar-refractivity contribution in [2.75, 3.05) is 79.3 Å². The van der Waals surface area contributed by atoms with Gasteiger partial charge in [0.1, 0.15) is 6.61 Å². The summed E-state index contributed by atoms with van der Waals surface area (Å²) in [6, 6.07) is 0. The van der Waals surface area contributed by atoms with Crippen molar-refractivity contribution in [3.63, 3.8) is 0 Å². The third kappa shape index (κ3) is 26.1. The van der Waals surface area contributed by atoms with Crippen molar-refractivity contribution in [3.05, 3.63) is 0 Å². The molecule has 0 amide bonds. The molecule has 0 saturated heterocycles. The molecule has 0 saturated carbocycles. The predicted octanol–water partition coefficient (Wildman–Crippen LogP) is 6.56. The zero-order chi connectivity index (χ0) is 29.1. The molecule has 0 aliphatic carbocycles. The van der Waals surface area contributed by atoms with Crippen LogP contribution in [0.15, 0.2) is 0 Å². The minimum Gasteiger partial charge on any atom is -0.463 e. The van der Waals surface area contributed by atoms with E-state index in [4.69, 9.17) is 32.8 Å². The first-order chi connectivity index (χ1) is 18.7. The van der Waals surface area contributed by atoms with E-state index in [1.165, 1.54) is 44.9 Å². The Morgan fingerprint density at radius 3 is 1.31 bits per heavy atom. The van der Waals surface area contributed by atoms with Gasteiger partial charge in [-0.25, -0.2) is 0 Å². The number of esters is 1. The first-order valence-electron chi connectivity index (χ1n) is 15.4. The van der Waals surface area contributed by atoms with E-state index in [1.807, 2.05) is 0 Å². The van der Waals surface area contributed by atoms with Crippen LogP contribution in [0.3, 0.4) is 0 Å². The van der Waals surface area contributed by atoms with Gasteiger partial charge < -0.3 is 32.8 Å². The highest BCUT2D eigenvalue weighted by molar-refractivity contribution is 6.74. The van der Waals surface area contributed by atoms with Crippen LogP contribution >= 0.6 is 0 Å². The summed E-state index contributed by atoms with van der Waals surface area (Å²) in [5.74, 6) is -0.127. The van der Waals surface area contributed by atoms with Crippen molar-refractivity contribution in [2.45, 2.75) is 110 Å². The average Bonchev–Trinajstić information content (AvgIpc) is 2.88. The van der Waals surface area contributed by atoms with E-state index >= 15 is 0 Å². The third-order valence-corrected chi connectivity index (χ3v) is 11.5. The largest absolute Gasteiger partial charge is 0.463 e. The summed E-state index contributed by atoms with van der Waals surface area (Å²) >= 11 is 0. The highest BCUT2D eigenvalue weighted by atomic mass is 28.4. The summed E-state index contributed by atoms with van der Waals surface area (Å²) in [7, 11) is -1.69. The second-order valence-corrected chi connectivity index (χ2v) is 16.3. The molecule has 0 aliphatic heterocycles. The maximum Gasteiger partial charge on any atom is 0.305 e. The number of carbonyl (C=O) groups is 1. The van der Waals surface area contributed by atoms with Gasteiger partial charge in [-0.15, -0.1) is 0 Å². The first kappa shape index (κ1) is 38.4. The maximum atomic E-state index is 11.7. The Morgan fingerprint density at radius 2 is 0.897 bits per heavy atom. The Balaban J connectivity index is 3.23. The second-order valence-electron chi connectivity index (χ2n) is 11.5. The Morgan fingerprint density at radius 1 is 0.538 bits per heavy atom. The fourth-order valence-corrected chi connectivity index (χ4v) is 4.45. The monoisotopic (exact) mass is 578 g/mol. The number of hydrogen-bond acceptors (Lipinski definition) is 8. The lowest BCUT2D eigenvalue weighted by molar-refractivity contribution is -0.145. The summed E-state index contributed by atoms with van der Waals surface area (Å²) < 4.78 is 38.8. The lowest BCUT2D eigenvalue weighted by Crippen LogP contribution is -2.41. The van der Waals surface area contributed by atoms with Gasteiger partial charge in [0.25, 0.3) is 0 Å². The Labute approximate surface area is 241 Å². The van der Waals surface area contributed by atoms with E-state index in [-0.39, 0.29) is 11.0 Å². The van der Waals surface area contributed by atoms with Crippen molar-refractivity contribution < 1.29 is 37.6 Å². The third-order valence-electron chi connectivity index (χ3n) is 6.96. The van der Waals surface area contributed by atoms with E-state index < -0.39 is 8.32 Å². The van der Waals surface area contributed by atoms with Gasteiger partial charge in [0.2, 0.25) is 0 Å². The topological polar surface area (TPSA) is 81.7 Å². The summed E-state index contributed by atoms with van der Waals surface area (Å²) in [5, 5.41) is 0.221. The average molecular weight is 579 g/mol. The Bertz CT molecular complexity index is 540. The van der Waals surface area contributed by atoms with Gasteiger partial charge in [0.15, 0.2) is 8.32 Å². The fourth-order valence-electron chi connectivity index (χ4n) is 3.42. The van der Waals surface area contributed by atoms with Gasteiger partial charge in [-0.05, 0) is 24.6 Å². The molecule has 0 fully saturated rings. The molecule has 0 unspecified atom stereocenters. The summed E-state index contributed by atoms with van der Waals surface area (Å²) in [6.45, 7) is 19.5. The molecule has 0 aliphatic rings. The molecule has 9 heteroatoms. The smallest absolute Gasteiger partial charge is 0.305 e. The quantitative estimate of drug-likeness (QED) is 0.0561. The van der Waals surface area contributed by atoms with E-state index in [0.29, 0.717) is 85.7 Å². The molecule has 0 spiro atoms. The van der Waals surface area contributed by atoms with E-state index in [0.717, 1.165) is 12.8 Å². The summed E-state index contributed by atoms with van der Waals surface area (Å²) in [5.41, 5.74) is 0. The van der Waals surface area contributed by atoms with E-state index in [2.05, 4.69) is 40.8 Å². The highest BCUT2D eigenvalue weighted by Gasteiger charge is 2.36. The zero-order valence-corrected chi connectivity index (χ0v) is 27.3. The molecule has 234 valence electrons. The molecule has 0 aromatic rings. The predicted molar refractivity (Wildman–Crippen MR) is 160 cm³/mol. The minimum atomic E-state index is -1.69. The van der Waals surface area contributed by atoms with Gasteiger partial charge in [-0.2, -0.15) is 0 Å². The molecule has 0 aromatic carbocycles. The van der Waals surface area contributed by atoms with Gasteiger partial charge in [-0.1, -0.05) is 79.1 Å². The molecule has 0 bridgehead atoms. The van der Waals surface area contributed by atoms with Crippen LogP contribution in [0, 0.1) is 0 Å². The van der Waals surface area contributed by atoms with Crippen LogP contribution in [0.1, 0.15) is 91.9 Å². The lowest BCUT2D eigenvalue weighted by Gasteiger charge is -2.36. The van der Waals surface area contributed by atoms with Crippen molar-refractivity contribution >= 4 is 14.3 Å². The van der Waals surface area contributed by atoms with Gasteiger partial charge in [0.05, 0.1) is 72.7 Å². The zero-order valence-electron chi connectivity index (χ0n) is 26.3. The molecular formula is C30H62O8Si. The summed E-state index contributed by atoms with van der Waals surface area (Å²) in [6.07, 6.45) is 11.7. The molecule has 0 N–H and O–H groups in total. The van der Waals surface area contributed by atoms with E-state index in [1.54, 1.807) is 0 Å². The van der Waals surface area contributed by atoms with Crippen LogP contribution in [0.5, 0.6) is 0 Å². The maximum absolute atomic E-state index is 11.7. The van der Waals surface area contributed by atoms with Gasteiger partial charge in [0, 0.05) is 6.42 Å². The van der Waals surface area contributed by atoms with Gasteiger partial charge >= 0.3 is 5.97 Å². The number of unbranched alkanes of at least 4 members (excludes halogenated alkanes) is 8. The number of carbonyl (C=O) groups excluding carboxylic acids is 1. The van der Waals surface area contributed by atoms with E-state index in [9.17, 15) is 4.79 Å². The number of hydrogen-bond donors (Lipinski definition) is 0. The van der Waals surface area contributed by atoms with Crippen LogP contribution in [0.2, 0.25) is 18.1 Å². The van der Waals surface area contributed by atoms with Crippen molar-refractivity contribution in [2.24, 2.45) is 0 Å². The lowest BCUT2D eigenvalue weighted by atomic mass is 10.1. The summed E-state index contributed by atoms with van der Waals surface area (Å²) in [4.78, 5) is 11.7. The second kappa shape index (κ2) is 26.4. The number of ether oxygens (including phenoxy) is 6. The molecular weight excluding hydrogens is 516 g/mol. The molecule has 0 atom stereocenters. The van der Waals surface area contributed by atoms with Crippen molar-refractivity contribution in [3.8, 4) is 0 Å².